The van der Waals surface area contributed by atoms with Crippen molar-refractivity contribution in [3.8, 4) is 0 Å². The van der Waals surface area contributed by atoms with E-state index >= 15 is 0 Å². The molecule has 0 spiro atoms. The lowest BCUT2D eigenvalue weighted by Crippen LogP contribution is -2.33. The van der Waals surface area contributed by atoms with Crippen LogP contribution in [0.5, 0.6) is 0 Å². The van der Waals surface area contributed by atoms with Crippen molar-refractivity contribution in [1.29, 1.82) is 0 Å². The van der Waals surface area contributed by atoms with E-state index in [-0.39, 0.29) is 0 Å². The minimum atomic E-state index is 0.500. The third kappa shape index (κ3) is 1.49. The first-order valence-corrected chi connectivity index (χ1v) is 6.32. The van der Waals surface area contributed by atoms with Crippen molar-refractivity contribution >= 4 is 0 Å². The number of nitrogens with zero attached hydrogens (tertiary/aromatic N) is 1. The van der Waals surface area contributed by atoms with Crippen LogP contribution in [0.3, 0.4) is 0 Å². The van der Waals surface area contributed by atoms with E-state index in [9.17, 15) is 0 Å². The van der Waals surface area contributed by atoms with Gasteiger partial charge in [0.15, 0.2) is 0 Å². The van der Waals surface area contributed by atoms with Crippen LogP contribution in [0.25, 0.3) is 0 Å². The van der Waals surface area contributed by atoms with Gasteiger partial charge in [-0.05, 0) is 43.9 Å². The zero-order valence-corrected chi connectivity index (χ0v) is 8.99. The van der Waals surface area contributed by atoms with Gasteiger partial charge in [0.25, 0.3) is 0 Å². The Morgan fingerprint density at radius 3 is 2.21 bits per heavy atom. The van der Waals surface area contributed by atoms with Crippen molar-refractivity contribution < 1.29 is 0 Å². The van der Waals surface area contributed by atoms with E-state index in [1.807, 2.05) is 0 Å². The fourth-order valence-corrected chi connectivity index (χ4v) is 3.89. The molecule has 2 N–H and O–H groups in total. The molecule has 0 aromatic carbocycles. The van der Waals surface area contributed by atoms with Gasteiger partial charge in [0.1, 0.15) is 0 Å². The second kappa shape index (κ2) is 3.49. The average Bonchev–Trinajstić information content (AvgIpc) is 2.75. The molecule has 3 rings (SSSR count). The highest BCUT2D eigenvalue weighted by molar-refractivity contribution is 4.94. The molecule has 1 saturated heterocycles. The Kier molecular flexibility index (Phi) is 2.29. The van der Waals surface area contributed by atoms with Gasteiger partial charge in [-0.1, -0.05) is 6.42 Å². The molecular formula is C12H22N2. The molecule has 2 heteroatoms. The molecule has 1 aliphatic heterocycles. The Hall–Kier alpha value is -0.0800. The quantitative estimate of drug-likeness (QED) is 0.687. The topological polar surface area (TPSA) is 29.3 Å². The van der Waals surface area contributed by atoms with E-state index in [0.29, 0.717) is 6.04 Å². The molecule has 2 saturated carbocycles. The highest BCUT2D eigenvalue weighted by atomic mass is 15.2. The van der Waals surface area contributed by atoms with Gasteiger partial charge in [-0.3, -0.25) is 4.90 Å². The highest BCUT2D eigenvalue weighted by Crippen LogP contribution is 2.40. The molecule has 2 nitrogen and oxygen atoms in total. The van der Waals surface area contributed by atoms with Crippen LogP contribution in [0.4, 0.5) is 0 Å². The summed E-state index contributed by atoms with van der Waals surface area (Å²) in [6, 6.07) is 1.34. The average molecular weight is 194 g/mol. The maximum atomic E-state index is 5.98. The molecule has 2 aliphatic carbocycles. The van der Waals surface area contributed by atoms with Crippen molar-refractivity contribution in [2.24, 2.45) is 17.6 Å². The molecule has 0 bridgehead atoms. The van der Waals surface area contributed by atoms with Crippen LogP contribution in [0.15, 0.2) is 0 Å². The summed E-state index contributed by atoms with van der Waals surface area (Å²) in [5, 5.41) is 0. The number of likely N-dealkylation sites (tertiary alicyclic amines) is 1. The van der Waals surface area contributed by atoms with Crippen LogP contribution in [-0.4, -0.2) is 30.1 Å². The SMILES string of the molecule is NC1CCC(N2CC3CCCC3C2)C1. The summed E-state index contributed by atoms with van der Waals surface area (Å²) >= 11 is 0. The minimum Gasteiger partial charge on any atom is -0.328 e. The second-order valence-corrected chi connectivity index (χ2v) is 5.63. The fraction of sp³-hybridized carbons (Fsp3) is 1.00. The summed E-state index contributed by atoms with van der Waals surface area (Å²) in [6.07, 6.45) is 8.38. The summed E-state index contributed by atoms with van der Waals surface area (Å²) in [5.41, 5.74) is 5.98. The van der Waals surface area contributed by atoms with Gasteiger partial charge in [-0.15, -0.1) is 0 Å². The van der Waals surface area contributed by atoms with Gasteiger partial charge < -0.3 is 5.73 Å². The predicted octanol–water partition coefficient (Wildman–Crippen LogP) is 1.60. The number of hydrogen-bond donors (Lipinski definition) is 1. The zero-order chi connectivity index (χ0) is 9.54. The fourth-order valence-electron chi connectivity index (χ4n) is 3.89. The molecule has 4 unspecified atom stereocenters. The number of hydrogen-bond acceptors (Lipinski definition) is 2. The van der Waals surface area contributed by atoms with Crippen molar-refractivity contribution in [2.45, 2.75) is 50.6 Å². The number of fused-ring (bicyclic) bond motifs is 1. The lowest BCUT2D eigenvalue weighted by molar-refractivity contribution is 0.226. The Labute approximate surface area is 86.8 Å². The lowest BCUT2D eigenvalue weighted by atomic mass is 10.0. The third-order valence-corrected chi connectivity index (χ3v) is 4.72. The van der Waals surface area contributed by atoms with Gasteiger partial charge in [-0.2, -0.15) is 0 Å². The molecule has 3 aliphatic rings. The Morgan fingerprint density at radius 2 is 1.64 bits per heavy atom. The van der Waals surface area contributed by atoms with Crippen LogP contribution in [-0.2, 0) is 0 Å². The van der Waals surface area contributed by atoms with Crippen LogP contribution in [0.2, 0.25) is 0 Å². The monoisotopic (exact) mass is 194 g/mol. The summed E-state index contributed by atoms with van der Waals surface area (Å²) in [4.78, 5) is 2.75. The number of nitrogens with two attached hydrogens (primary N) is 1. The van der Waals surface area contributed by atoms with Crippen LogP contribution in [0.1, 0.15) is 38.5 Å². The molecular weight excluding hydrogens is 172 g/mol. The molecule has 4 atom stereocenters. The van der Waals surface area contributed by atoms with Gasteiger partial charge >= 0.3 is 0 Å². The summed E-state index contributed by atoms with van der Waals surface area (Å²) in [6.45, 7) is 2.78. The molecule has 0 radical (unpaired) electrons. The largest absolute Gasteiger partial charge is 0.328 e. The van der Waals surface area contributed by atoms with Gasteiger partial charge in [0.05, 0.1) is 0 Å². The molecule has 80 valence electrons. The van der Waals surface area contributed by atoms with E-state index in [1.54, 1.807) is 0 Å². The van der Waals surface area contributed by atoms with E-state index in [4.69, 9.17) is 5.73 Å². The van der Waals surface area contributed by atoms with Gasteiger partial charge in [0.2, 0.25) is 0 Å². The molecule has 0 aromatic heterocycles. The summed E-state index contributed by atoms with van der Waals surface area (Å²) < 4.78 is 0. The molecule has 0 amide bonds. The Balaban J connectivity index is 1.60. The van der Waals surface area contributed by atoms with E-state index in [2.05, 4.69) is 4.90 Å². The Morgan fingerprint density at radius 1 is 0.929 bits per heavy atom. The second-order valence-electron chi connectivity index (χ2n) is 5.63. The van der Waals surface area contributed by atoms with E-state index in [1.165, 1.54) is 51.6 Å². The van der Waals surface area contributed by atoms with Gasteiger partial charge in [0, 0.05) is 25.2 Å². The van der Waals surface area contributed by atoms with Crippen molar-refractivity contribution in [3.05, 3.63) is 0 Å². The normalized spacial score (nSPS) is 48.6. The van der Waals surface area contributed by atoms with E-state index < -0.39 is 0 Å². The first kappa shape index (κ1) is 9.17. The standard InChI is InChI=1S/C12H22N2/c13-11-4-5-12(6-11)14-7-9-2-1-3-10(9)8-14/h9-12H,1-8,13H2. The van der Waals surface area contributed by atoms with Crippen molar-refractivity contribution in [2.75, 3.05) is 13.1 Å². The predicted molar refractivity (Wildman–Crippen MR) is 58.0 cm³/mol. The van der Waals surface area contributed by atoms with Crippen molar-refractivity contribution in [3.63, 3.8) is 0 Å². The van der Waals surface area contributed by atoms with Crippen LogP contribution < -0.4 is 5.73 Å². The third-order valence-electron chi connectivity index (χ3n) is 4.72. The van der Waals surface area contributed by atoms with Crippen LogP contribution in [0, 0.1) is 11.8 Å². The minimum absolute atomic E-state index is 0.500. The zero-order valence-electron chi connectivity index (χ0n) is 8.99. The molecule has 14 heavy (non-hydrogen) atoms. The highest BCUT2D eigenvalue weighted by Gasteiger charge is 2.39. The lowest BCUT2D eigenvalue weighted by Gasteiger charge is -2.24. The van der Waals surface area contributed by atoms with E-state index in [0.717, 1.165) is 17.9 Å². The van der Waals surface area contributed by atoms with Gasteiger partial charge in [-0.25, -0.2) is 0 Å². The Bertz CT molecular complexity index is 204. The van der Waals surface area contributed by atoms with Crippen LogP contribution >= 0.6 is 0 Å². The summed E-state index contributed by atoms with van der Waals surface area (Å²) in [5.74, 6) is 2.10. The first-order chi connectivity index (χ1) is 6.83. The molecule has 1 heterocycles. The maximum Gasteiger partial charge on any atom is 0.0111 e. The van der Waals surface area contributed by atoms with Crippen molar-refractivity contribution in [1.82, 2.24) is 4.90 Å². The smallest absolute Gasteiger partial charge is 0.0111 e. The molecule has 3 fully saturated rings. The summed E-state index contributed by atoms with van der Waals surface area (Å²) in [7, 11) is 0. The number of rotatable bonds is 1. The maximum absolute atomic E-state index is 5.98. The first-order valence-electron chi connectivity index (χ1n) is 6.32. The molecule has 0 aromatic rings.